The molecule has 234 valence electrons. The summed E-state index contributed by atoms with van der Waals surface area (Å²) >= 11 is 0. The van der Waals surface area contributed by atoms with Crippen LogP contribution in [0.1, 0.15) is 23.1 Å². The Hall–Kier alpha value is -5.69. The first-order chi connectivity index (χ1) is 23.0. The second-order valence-corrected chi connectivity index (χ2v) is 12.2. The number of fused-ring (bicyclic) bond motifs is 2. The zero-order valence-electron chi connectivity index (χ0n) is 26.4. The number of rotatable bonds is 10. The highest BCUT2D eigenvalue weighted by molar-refractivity contribution is 5.84. The minimum atomic E-state index is -0.783. The van der Waals surface area contributed by atoms with Crippen LogP contribution in [0.4, 0.5) is 11.4 Å². The Morgan fingerprint density at radius 3 is 2.23 bits per heavy atom. The van der Waals surface area contributed by atoms with Crippen LogP contribution in [-0.2, 0) is 24.3 Å². The molecule has 0 amide bonds. The molecule has 7 heteroatoms. The molecule has 0 fully saturated rings. The third-order valence-electron chi connectivity index (χ3n) is 8.94. The van der Waals surface area contributed by atoms with E-state index < -0.39 is 12.0 Å². The van der Waals surface area contributed by atoms with Gasteiger partial charge in [0.1, 0.15) is 17.5 Å². The number of anilines is 2. The molecule has 0 saturated carbocycles. The van der Waals surface area contributed by atoms with Crippen LogP contribution in [-0.4, -0.2) is 30.9 Å². The van der Waals surface area contributed by atoms with Crippen molar-refractivity contribution in [3.63, 3.8) is 0 Å². The van der Waals surface area contributed by atoms with E-state index in [4.69, 9.17) is 4.74 Å². The second-order valence-electron chi connectivity index (χ2n) is 12.2. The van der Waals surface area contributed by atoms with Crippen LogP contribution in [0, 0.1) is 0 Å². The number of nitrogens with zero attached hydrogens (tertiary/aromatic N) is 3. The first-order valence-corrected chi connectivity index (χ1v) is 16.0. The molecule has 0 saturated heterocycles. The van der Waals surface area contributed by atoms with Gasteiger partial charge >= 0.3 is 5.97 Å². The van der Waals surface area contributed by atoms with Crippen molar-refractivity contribution in [2.45, 2.75) is 32.0 Å². The van der Waals surface area contributed by atoms with Gasteiger partial charge in [0.05, 0.1) is 0 Å². The number of carboxylic acids is 1. The lowest BCUT2D eigenvalue weighted by atomic mass is 9.96. The molecule has 3 heterocycles. The number of likely N-dealkylation sites (N-methyl/N-ethyl adjacent to an activating group) is 1. The number of ether oxygens (including phenoxy) is 1. The zero-order chi connectivity index (χ0) is 32.2. The van der Waals surface area contributed by atoms with Crippen LogP contribution >= 0.6 is 0 Å². The van der Waals surface area contributed by atoms with E-state index >= 15 is 0 Å². The van der Waals surface area contributed by atoms with Crippen LogP contribution in [0.3, 0.4) is 0 Å². The van der Waals surface area contributed by atoms with Crippen LogP contribution in [0.5, 0.6) is 5.75 Å². The molecule has 1 unspecified atom stereocenters. The maximum atomic E-state index is 11.5. The van der Waals surface area contributed by atoms with Crippen LogP contribution < -0.4 is 24.1 Å². The normalized spacial score (nSPS) is 14.1. The third-order valence-corrected chi connectivity index (χ3v) is 8.94. The lowest BCUT2D eigenvalue weighted by Crippen LogP contribution is -2.41. The van der Waals surface area contributed by atoms with Gasteiger partial charge in [-0.1, -0.05) is 54.6 Å². The van der Waals surface area contributed by atoms with Crippen LogP contribution in [0.15, 0.2) is 134 Å². The van der Waals surface area contributed by atoms with Crippen molar-refractivity contribution in [2.75, 3.05) is 24.0 Å². The molecule has 2 N–H and O–H groups in total. The van der Waals surface area contributed by atoms with E-state index in [9.17, 15) is 9.90 Å². The summed E-state index contributed by atoms with van der Waals surface area (Å²) in [5.41, 5.74) is 7.98. The van der Waals surface area contributed by atoms with Crippen LogP contribution in [0.2, 0.25) is 0 Å². The third kappa shape index (κ3) is 6.94. The van der Waals surface area contributed by atoms with Gasteiger partial charge in [-0.25, -0.2) is 9.36 Å². The summed E-state index contributed by atoms with van der Waals surface area (Å²) in [6.07, 6.45) is 9.77. The predicted octanol–water partition coefficient (Wildman–Crippen LogP) is 6.46. The zero-order valence-corrected chi connectivity index (χ0v) is 26.4. The molecular weight excluding hydrogens is 584 g/mol. The summed E-state index contributed by atoms with van der Waals surface area (Å²) in [5, 5.41) is 15.3. The topological polar surface area (TPSA) is 69.6 Å². The standard InChI is InChI=1S/C40H37N4O3/c1-42-38-16-14-37(24-35(38)13-15-39(42)40(45)46)47-28-41-36-8-5-19-44(27-36)26-30-10-12-33-22-29(9-11-34(33)23-30)25-43-20-17-32(18-21-43)31-6-3-2-4-7-31/h2-12,14,16-24,27,39,41H,13,15,25-26,28H2,1H3/q+1/p+1. The quantitative estimate of drug-likeness (QED) is 0.136. The fourth-order valence-electron chi connectivity index (χ4n) is 6.42. The Balaban J connectivity index is 0.949. The number of carbonyl (C=O) groups is 1. The maximum Gasteiger partial charge on any atom is 0.326 e. The number of aliphatic carboxylic acids is 1. The van der Waals surface area contributed by atoms with Gasteiger partial charge in [-0.15, -0.1) is 0 Å². The summed E-state index contributed by atoms with van der Waals surface area (Å²) in [4.78, 5) is 13.4. The Bertz CT molecular complexity index is 2030. The molecule has 4 aromatic carbocycles. The number of aromatic nitrogens is 2. The van der Waals surface area contributed by atoms with E-state index in [2.05, 4.69) is 112 Å². The average Bonchev–Trinajstić information content (AvgIpc) is 3.09. The maximum absolute atomic E-state index is 11.5. The molecule has 0 aliphatic carbocycles. The molecule has 0 spiro atoms. The largest absolute Gasteiger partial charge is 0.480 e. The first kappa shape index (κ1) is 30.0. The molecule has 6 aromatic rings. The molecule has 0 bridgehead atoms. The molecule has 1 atom stereocenters. The number of pyridine rings is 2. The molecule has 1 aliphatic heterocycles. The predicted molar refractivity (Wildman–Crippen MR) is 185 cm³/mol. The van der Waals surface area contributed by atoms with Crippen molar-refractivity contribution >= 4 is 28.1 Å². The van der Waals surface area contributed by atoms with E-state index in [1.807, 2.05) is 48.3 Å². The van der Waals surface area contributed by atoms with Crippen molar-refractivity contribution < 1.29 is 23.8 Å². The average molecular weight is 623 g/mol. The van der Waals surface area contributed by atoms with E-state index in [1.165, 1.54) is 33.0 Å². The van der Waals surface area contributed by atoms with E-state index in [1.54, 1.807) is 0 Å². The second kappa shape index (κ2) is 13.3. The van der Waals surface area contributed by atoms with Gasteiger partial charge in [-0.2, -0.15) is 4.57 Å². The highest BCUT2D eigenvalue weighted by Crippen LogP contribution is 2.32. The van der Waals surface area contributed by atoms with Gasteiger partial charge in [0.15, 0.2) is 44.6 Å². The number of aryl methyl sites for hydroxylation is 1. The Morgan fingerprint density at radius 1 is 0.809 bits per heavy atom. The highest BCUT2D eigenvalue weighted by atomic mass is 16.5. The number of nitrogens with one attached hydrogen (secondary N) is 1. The summed E-state index contributed by atoms with van der Waals surface area (Å²) in [6.45, 7) is 1.90. The van der Waals surface area contributed by atoms with Crippen LogP contribution in [0.25, 0.3) is 21.9 Å². The molecule has 7 nitrogen and oxygen atoms in total. The smallest absolute Gasteiger partial charge is 0.326 e. The fourth-order valence-corrected chi connectivity index (χ4v) is 6.42. The Labute approximate surface area is 274 Å². The molecule has 0 radical (unpaired) electrons. The van der Waals surface area contributed by atoms with Crippen molar-refractivity contribution in [1.82, 2.24) is 0 Å². The van der Waals surface area contributed by atoms with E-state index in [-0.39, 0.29) is 0 Å². The molecule has 1 aliphatic rings. The monoisotopic (exact) mass is 622 g/mol. The van der Waals surface area contributed by atoms with Gasteiger partial charge < -0.3 is 20.1 Å². The highest BCUT2D eigenvalue weighted by Gasteiger charge is 2.28. The number of hydrogen-bond acceptors (Lipinski definition) is 4. The minimum Gasteiger partial charge on any atom is -0.480 e. The lowest BCUT2D eigenvalue weighted by Gasteiger charge is -2.33. The fraction of sp³-hybridized carbons (Fsp3) is 0.175. The Morgan fingerprint density at radius 2 is 1.51 bits per heavy atom. The van der Waals surface area contributed by atoms with Crippen molar-refractivity contribution in [1.29, 1.82) is 0 Å². The SMILES string of the molecule is CN1c2ccc(OCNc3ccc[n+](Cc4ccc5cc(C[n+]6ccc(-c7ccccc7)cc6)ccc5c4)c3)cc2CCC1C(=O)O. The van der Waals surface area contributed by atoms with Crippen molar-refractivity contribution in [3.05, 3.63) is 151 Å². The van der Waals surface area contributed by atoms with Gasteiger partial charge in [0, 0.05) is 42.1 Å². The molecular formula is C40H38N4O3+2. The van der Waals surface area contributed by atoms with Crippen molar-refractivity contribution in [2.24, 2.45) is 0 Å². The molecule has 47 heavy (non-hydrogen) atoms. The summed E-state index contributed by atoms with van der Waals surface area (Å²) in [5.74, 6) is -0.0184. The number of benzene rings is 4. The minimum absolute atomic E-state index is 0.324. The number of hydrogen-bond donors (Lipinski definition) is 2. The summed E-state index contributed by atoms with van der Waals surface area (Å²) < 4.78 is 10.4. The lowest BCUT2D eigenvalue weighted by molar-refractivity contribution is -0.688. The first-order valence-electron chi connectivity index (χ1n) is 16.0. The molecule has 7 rings (SSSR count). The summed E-state index contributed by atoms with van der Waals surface area (Å²) in [6, 6.07) is 37.7. The van der Waals surface area contributed by atoms with E-state index in [0.717, 1.165) is 42.2 Å². The number of carboxylic acid groups (broad SMARTS) is 1. The van der Waals surface area contributed by atoms with Gasteiger partial charge in [-0.05, 0) is 76.7 Å². The Kier molecular flexibility index (Phi) is 8.52. The molecule has 2 aromatic heterocycles. The van der Waals surface area contributed by atoms with E-state index in [0.29, 0.717) is 13.2 Å². The van der Waals surface area contributed by atoms with Gasteiger partial charge in [-0.3, -0.25) is 0 Å². The van der Waals surface area contributed by atoms with Gasteiger partial charge in [0.25, 0.3) is 0 Å². The van der Waals surface area contributed by atoms with Crippen molar-refractivity contribution in [3.8, 4) is 16.9 Å². The van der Waals surface area contributed by atoms with Gasteiger partial charge in [0.2, 0.25) is 0 Å². The summed E-state index contributed by atoms with van der Waals surface area (Å²) in [7, 11) is 1.84.